The van der Waals surface area contributed by atoms with E-state index in [1.165, 1.54) is 30.5 Å². The fourth-order valence-electron chi connectivity index (χ4n) is 3.62. The predicted octanol–water partition coefficient (Wildman–Crippen LogP) is 2.68. The van der Waals surface area contributed by atoms with Crippen molar-refractivity contribution >= 4 is 21.8 Å². The molecule has 0 saturated carbocycles. The number of nitrogens with zero attached hydrogens (tertiary/aromatic N) is 1. The molecular weight excluding hydrogens is 364 g/mol. The summed E-state index contributed by atoms with van der Waals surface area (Å²) in [7, 11) is -4.03. The Bertz CT molecular complexity index is 843. The fourth-order valence-corrected chi connectivity index (χ4v) is 5.22. The van der Waals surface area contributed by atoms with E-state index in [0.717, 1.165) is 29.1 Å². The Morgan fingerprint density at radius 2 is 1.93 bits per heavy atom. The van der Waals surface area contributed by atoms with Gasteiger partial charge >= 0.3 is 0 Å². The summed E-state index contributed by atoms with van der Waals surface area (Å²) in [6, 6.07) is 5.34. The molecule has 1 aliphatic heterocycles. The molecule has 1 saturated heterocycles. The number of allylic oxidation sites excluding steroid dienone is 1. The predicted molar refractivity (Wildman–Crippen MR) is 102 cm³/mol. The van der Waals surface area contributed by atoms with Gasteiger partial charge in [-0.3, -0.25) is 9.59 Å². The Hall–Kier alpha value is -2.15. The molecule has 1 aromatic carbocycles. The summed E-state index contributed by atoms with van der Waals surface area (Å²) < 4.78 is 26.6. The molecule has 1 atom stereocenters. The summed E-state index contributed by atoms with van der Waals surface area (Å²) in [5, 5.41) is 2.82. The van der Waals surface area contributed by atoms with Crippen molar-refractivity contribution in [2.24, 2.45) is 0 Å². The quantitative estimate of drug-likeness (QED) is 0.757. The first-order valence-electron chi connectivity index (χ1n) is 9.49. The van der Waals surface area contributed by atoms with E-state index in [2.05, 4.69) is 11.4 Å². The van der Waals surface area contributed by atoms with Crippen LogP contribution in [-0.2, 0) is 19.6 Å². The third-order valence-corrected chi connectivity index (χ3v) is 7.02. The first-order valence-corrected chi connectivity index (χ1v) is 10.9. The minimum Gasteiger partial charge on any atom is -0.354 e. The molecule has 1 aliphatic carbocycles. The highest BCUT2D eigenvalue weighted by atomic mass is 32.2. The zero-order chi connectivity index (χ0) is 19.4. The molecule has 3 rings (SSSR count). The van der Waals surface area contributed by atoms with Crippen LogP contribution < -0.4 is 5.32 Å². The maximum Gasteiger partial charge on any atom is 0.267 e. The molecule has 1 aromatic rings. The number of benzene rings is 1. The molecule has 0 aromatic heterocycles. The molecule has 2 aliphatic rings. The Kier molecular flexibility index (Phi) is 5.99. The summed E-state index contributed by atoms with van der Waals surface area (Å²) in [6.07, 6.45) is 7.83. The summed E-state index contributed by atoms with van der Waals surface area (Å²) in [6.45, 7) is 2.32. The molecule has 146 valence electrons. The maximum absolute atomic E-state index is 12.9. The molecule has 7 heteroatoms. The molecule has 0 unspecified atom stereocenters. The summed E-state index contributed by atoms with van der Waals surface area (Å²) in [4.78, 5) is 24.9. The van der Waals surface area contributed by atoms with Crippen LogP contribution in [0.2, 0.25) is 0 Å². The second-order valence-corrected chi connectivity index (χ2v) is 9.03. The highest BCUT2D eigenvalue weighted by Crippen LogP contribution is 2.27. The lowest BCUT2D eigenvalue weighted by atomic mass is 9.97. The van der Waals surface area contributed by atoms with Crippen LogP contribution in [0.3, 0.4) is 0 Å². The van der Waals surface area contributed by atoms with Crippen molar-refractivity contribution in [3.63, 3.8) is 0 Å². The van der Waals surface area contributed by atoms with Crippen LogP contribution in [0, 0.1) is 6.92 Å². The maximum atomic E-state index is 12.9. The van der Waals surface area contributed by atoms with Gasteiger partial charge in [0.05, 0.1) is 4.90 Å². The van der Waals surface area contributed by atoms with Gasteiger partial charge < -0.3 is 5.32 Å². The van der Waals surface area contributed by atoms with Crippen molar-refractivity contribution in [1.29, 1.82) is 0 Å². The number of amides is 2. The van der Waals surface area contributed by atoms with Crippen LogP contribution in [0.4, 0.5) is 0 Å². The smallest absolute Gasteiger partial charge is 0.267 e. The van der Waals surface area contributed by atoms with Gasteiger partial charge in [0.2, 0.25) is 11.8 Å². The van der Waals surface area contributed by atoms with Crippen LogP contribution in [0.1, 0.15) is 50.5 Å². The van der Waals surface area contributed by atoms with E-state index >= 15 is 0 Å². The van der Waals surface area contributed by atoms with Gasteiger partial charge in [0.25, 0.3) is 10.0 Å². The summed E-state index contributed by atoms with van der Waals surface area (Å²) in [5.41, 5.74) is 2.26. The topological polar surface area (TPSA) is 83.6 Å². The lowest BCUT2D eigenvalue weighted by molar-refractivity contribution is -0.130. The molecule has 6 nitrogen and oxygen atoms in total. The average Bonchev–Trinajstić information content (AvgIpc) is 3.05. The van der Waals surface area contributed by atoms with E-state index in [1.807, 2.05) is 6.92 Å². The van der Waals surface area contributed by atoms with Gasteiger partial charge in [-0.25, -0.2) is 12.7 Å². The molecule has 0 radical (unpaired) electrons. The van der Waals surface area contributed by atoms with E-state index in [-0.39, 0.29) is 17.7 Å². The first-order chi connectivity index (χ1) is 12.9. The van der Waals surface area contributed by atoms with Crippen LogP contribution in [0.25, 0.3) is 0 Å². The Morgan fingerprint density at radius 1 is 1.19 bits per heavy atom. The molecule has 1 N–H and O–H groups in total. The first kappa shape index (κ1) is 19.6. The second kappa shape index (κ2) is 8.25. The van der Waals surface area contributed by atoms with E-state index in [1.54, 1.807) is 12.1 Å². The average molecular weight is 391 g/mol. The molecule has 2 amide bonds. The lowest BCUT2D eigenvalue weighted by Gasteiger charge is -2.24. The highest BCUT2D eigenvalue weighted by molar-refractivity contribution is 7.89. The van der Waals surface area contributed by atoms with Gasteiger partial charge in [-0.2, -0.15) is 0 Å². The van der Waals surface area contributed by atoms with Crippen molar-refractivity contribution < 1.29 is 18.0 Å². The Morgan fingerprint density at radius 3 is 2.59 bits per heavy atom. The largest absolute Gasteiger partial charge is 0.354 e. The van der Waals surface area contributed by atoms with Gasteiger partial charge in [0, 0.05) is 13.0 Å². The number of aryl methyl sites for hydroxylation is 1. The van der Waals surface area contributed by atoms with Crippen molar-refractivity contribution in [2.75, 3.05) is 6.54 Å². The fraction of sp³-hybridized carbons (Fsp3) is 0.500. The molecule has 0 spiro atoms. The molecule has 1 fully saturated rings. The van der Waals surface area contributed by atoms with Gasteiger partial charge in [-0.1, -0.05) is 29.3 Å². The van der Waals surface area contributed by atoms with E-state index in [0.29, 0.717) is 6.54 Å². The van der Waals surface area contributed by atoms with Gasteiger partial charge in [0.1, 0.15) is 6.04 Å². The molecule has 1 heterocycles. The van der Waals surface area contributed by atoms with E-state index in [9.17, 15) is 18.0 Å². The number of carbonyl (C=O) groups is 2. The number of nitrogens with one attached hydrogen (secondary N) is 1. The second-order valence-electron chi connectivity index (χ2n) is 7.21. The number of carbonyl (C=O) groups excluding carboxylic acids is 2. The van der Waals surface area contributed by atoms with Crippen LogP contribution in [-0.4, -0.2) is 37.1 Å². The van der Waals surface area contributed by atoms with Crippen molar-refractivity contribution in [3.05, 3.63) is 41.5 Å². The van der Waals surface area contributed by atoms with Gasteiger partial charge in [0.15, 0.2) is 0 Å². The lowest BCUT2D eigenvalue weighted by Crippen LogP contribution is -2.47. The molecule has 27 heavy (non-hydrogen) atoms. The van der Waals surface area contributed by atoms with Gasteiger partial charge in [-0.05, 0) is 57.6 Å². The van der Waals surface area contributed by atoms with E-state index in [4.69, 9.17) is 0 Å². The number of sulfonamides is 1. The summed E-state index contributed by atoms with van der Waals surface area (Å²) >= 11 is 0. The van der Waals surface area contributed by atoms with Crippen LogP contribution in [0.15, 0.2) is 40.8 Å². The third-order valence-electron chi connectivity index (χ3n) is 5.17. The zero-order valence-corrected chi connectivity index (χ0v) is 16.4. The number of hydrogen-bond acceptors (Lipinski definition) is 4. The monoisotopic (exact) mass is 390 g/mol. The van der Waals surface area contributed by atoms with Crippen LogP contribution in [0.5, 0.6) is 0 Å². The SMILES string of the molecule is Cc1ccc(S(=O)(=O)N2C(=O)CC[C@H]2C(=O)NCCC2=CCCCC2)cc1. The minimum atomic E-state index is -4.03. The van der Waals surface area contributed by atoms with Gasteiger partial charge in [-0.15, -0.1) is 0 Å². The summed E-state index contributed by atoms with van der Waals surface area (Å²) in [5.74, 6) is -0.918. The van der Waals surface area contributed by atoms with Crippen LogP contribution >= 0.6 is 0 Å². The minimum absolute atomic E-state index is 0.0357. The standard InChI is InChI=1S/C20H26N2O4S/c1-15-7-9-17(10-8-15)27(25,26)22-18(11-12-19(22)23)20(24)21-14-13-16-5-3-2-4-6-16/h5,7-10,18H,2-4,6,11-14H2,1H3,(H,21,24)/t18-/m0/s1. The Balaban J connectivity index is 1.68. The Labute approximate surface area is 160 Å². The van der Waals surface area contributed by atoms with Crippen molar-refractivity contribution in [3.8, 4) is 0 Å². The number of hydrogen-bond donors (Lipinski definition) is 1. The molecular formula is C20H26N2O4S. The highest BCUT2D eigenvalue weighted by Gasteiger charge is 2.44. The normalized spacial score (nSPS) is 20.5. The number of rotatable bonds is 6. The van der Waals surface area contributed by atoms with E-state index < -0.39 is 27.9 Å². The van der Waals surface area contributed by atoms with Crippen molar-refractivity contribution in [2.45, 2.75) is 62.8 Å². The molecule has 0 bridgehead atoms. The zero-order valence-electron chi connectivity index (χ0n) is 15.6. The van der Waals surface area contributed by atoms with Crippen molar-refractivity contribution in [1.82, 2.24) is 9.62 Å². The third kappa shape index (κ3) is 4.40.